The lowest BCUT2D eigenvalue weighted by atomic mass is 9.86. The molecule has 1 aromatic rings. The standard InChI is InChI=1S/C12H15F3O/c1-11(2,3)9-6-5-8(12(13,14)15)7-10(9)16-4/h5-7H,1-4H3. The molecule has 0 saturated carbocycles. The first-order valence-electron chi connectivity index (χ1n) is 4.92. The highest BCUT2D eigenvalue weighted by Gasteiger charge is 2.32. The van der Waals surface area contributed by atoms with Crippen LogP contribution in [-0.4, -0.2) is 7.11 Å². The topological polar surface area (TPSA) is 9.23 Å². The Hall–Kier alpha value is -1.19. The highest BCUT2D eigenvalue weighted by molar-refractivity contribution is 5.42. The molecule has 0 spiro atoms. The summed E-state index contributed by atoms with van der Waals surface area (Å²) in [7, 11) is 1.38. The number of benzene rings is 1. The molecular weight excluding hydrogens is 217 g/mol. The Bertz CT molecular complexity index is 375. The number of rotatable bonds is 1. The van der Waals surface area contributed by atoms with E-state index in [0.29, 0.717) is 0 Å². The number of halogens is 3. The molecule has 0 bridgehead atoms. The molecule has 0 N–H and O–H groups in total. The molecule has 90 valence electrons. The normalized spacial score (nSPS) is 12.7. The van der Waals surface area contributed by atoms with Gasteiger partial charge in [-0.05, 0) is 23.1 Å². The first-order valence-corrected chi connectivity index (χ1v) is 4.92. The van der Waals surface area contributed by atoms with Crippen molar-refractivity contribution in [2.24, 2.45) is 0 Å². The van der Waals surface area contributed by atoms with E-state index in [1.54, 1.807) is 0 Å². The second-order valence-electron chi connectivity index (χ2n) is 4.66. The minimum Gasteiger partial charge on any atom is -0.496 e. The quantitative estimate of drug-likeness (QED) is 0.710. The average molecular weight is 232 g/mol. The van der Waals surface area contributed by atoms with Crippen molar-refractivity contribution in [3.05, 3.63) is 29.3 Å². The molecule has 0 aromatic heterocycles. The zero-order valence-corrected chi connectivity index (χ0v) is 9.77. The van der Waals surface area contributed by atoms with Gasteiger partial charge in [-0.15, -0.1) is 0 Å². The Balaban J connectivity index is 3.28. The first-order chi connectivity index (χ1) is 7.16. The summed E-state index contributed by atoms with van der Waals surface area (Å²) in [6.07, 6.45) is -4.33. The maximum absolute atomic E-state index is 12.5. The van der Waals surface area contributed by atoms with Crippen molar-refractivity contribution >= 4 is 0 Å². The molecule has 1 nitrogen and oxygen atoms in total. The van der Waals surface area contributed by atoms with Gasteiger partial charge in [-0.3, -0.25) is 0 Å². The fraction of sp³-hybridized carbons (Fsp3) is 0.500. The van der Waals surface area contributed by atoms with Crippen molar-refractivity contribution in [1.29, 1.82) is 0 Å². The van der Waals surface area contributed by atoms with E-state index in [-0.39, 0.29) is 11.2 Å². The number of hydrogen-bond donors (Lipinski definition) is 0. The van der Waals surface area contributed by atoms with Crippen LogP contribution in [0.4, 0.5) is 13.2 Å². The molecule has 0 amide bonds. The van der Waals surface area contributed by atoms with Crippen molar-refractivity contribution in [1.82, 2.24) is 0 Å². The van der Waals surface area contributed by atoms with Gasteiger partial charge in [0.15, 0.2) is 0 Å². The van der Waals surface area contributed by atoms with Crippen molar-refractivity contribution in [2.45, 2.75) is 32.4 Å². The van der Waals surface area contributed by atoms with Crippen molar-refractivity contribution in [3.8, 4) is 5.75 Å². The Morgan fingerprint density at radius 1 is 1.06 bits per heavy atom. The van der Waals surface area contributed by atoms with Gasteiger partial charge < -0.3 is 4.74 Å². The zero-order chi connectivity index (χ0) is 12.6. The molecule has 0 fully saturated rings. The van der Waals surface area contributed by atoms with Crippen LogP contribution in [0.15, 0.2) is 18.2 Å². The second kappa shape index (κ2) is 4.00. The summed E-state index contributed by atoms with van der Waals surface area (Å²) in [5.74, 6) is 0.280. The summed E-state index contributed by atoms with van der Waals surface area (Å²) in [5.41, 5.74) is -0.157. The van der Waals surface area contributed by atoms with Gasteiger partial charge >= 0.3 is 6.18 Å². The van der Waals surface area contributed by atoms with Crippen molar-refractivity contribution in [2.75, 3.05) is 7.11 Å². The summed E-state index contributed by atoms with van der Waals surface area (Å²) < 4.78 is 42.4. The van der Waals surface area contributed by atoms with Gasteiger partial charge in [-0.1, -0.05) is 26.8 Å². The maximum Gasteiger partial charge on any atom is 0.416 e. The molecule has 1 rings (SSSR count). The number of hydrogen-bond acceptors (Lipinski definition) is 1. The van der Waals surface area contributed by atoms with E-state index in [4.69, 9.17) is 4.74 Å². The molecule has 0 aliphatic heterocycles. The highest BCUT2D eigenvalue weighted by atomic mass is 19.4. The molecule has 4 heteroatoms. The van der Waals surface area contributed by atoms with Crippen LogP contribution < -0.4 is 4.74 Å². The summed E-state index contributed by atoms with van der Waals surface area (Å²) in [6, 6.07) is 3.60. The fourth-order valence-electron chi connectivity index (χ4n) is 1.49. The lowest BCUT2D eigenvalue weighted by Gasteiger charge is -2.23. The van der Waals surface area contributed by atoms with Gasteiger partial charge in [-0.2, -0.15) is 13.2 Å². The van der Waals surface area contributed by atoms with Gasteiger partial charge in [0.05, 0.1) is 12.7 Å². The minimum atomic E-state index is -4.33. The Labute approximate surface area is 93.2 Å². The van der Waals surface area contributed by atoms with Crippen LogP contribution >= 0.6 is 0 Å². The Morgan fingerprint density at radius 3 is 2.00 bits per heavy atom. The van der Waals surface area contributed by atoms with Crippen LogP contribution in [0.2, 0.25) is 0 Å². The van der Waals surface area contributed by atoms with Gasteiger partial charge in [0, 0.05) is 0 Å². The van der Waals surface area contributed by atoms with E-state index in [9.17, 15) is 13.2 Å². The van der Waals surface area contributed by atoms with E-state index >= 15 is 0 Å². The summed E-state index contributed by atoms with van der Waals surface area (Å²) in [6.45, 7) is 5.79. The minimum absolute atomic E-state index is 0.241. The lowest BCUT2D eigenvalue weighted by molar-refractivity contribution is -0.137. The molecule has 0 atom stereocenters. The fourth-order valence-corrected chi connectivity index (χ4v) is 1.49. The van der Waals surface area contributed by atoms with Crippen LogP contribution in [0.1, 0.15) is 31.9 Å². The van der Waals surface area contributed by atoms with E-state index in [1.165, 1.54) is 13.2 Å². The van der Waals surface area contributed by atoms with Crippen molar-refractivity contribution < 1.29 is 17.9 Å². The predicted molar refractivity (Wildman–Crippen MR) is 56.7 cm³/mol. The van der Waals surface area contributed by atoms with Crippen LogP contribution in [0.25, 0.3) is 0 Å². The molecule has 0 heterocycles. The van der Waals surface area contributed by atoms with Crippen LogP contribution in [0.3, 0.4) is 0 Å². The smallest absolute Gasteiger partial charge is 0.416 e. The van der Waals surface area contributed by atoms with E-state index in [0.717, 1.165) is 17.7 Å². The third-order valence-corrected chi connectivity index (χ3v) is 2.34. The van der Waals surface area contributed by atoms with Gasteiger partial charge in [0.1, 0.15) is 5.75 Å². The summed E-state index contributed by atoms with van der Waals surface area (Å²) in [4.78, 5) is 0. The number of alkyl halides is 3. The van der Waals surface area contributed by atoms with E-state index in [1.807, 2.05) is 20.8 Å². The largest absolute Gasteiger partial charge is 0.496 e. The molecule has 0 aliphatic rings. The zero-order valence-electron chi connectivity index (χ0n) is 9.77. The third-order valence-electron chi connectivity index (χ3n) is 2.34. The lowest BCUT2D eigenvalue weighted by Crippen LogP contribution is -2.14. The molecule has 0 saturated heterocycles. The third kappa shape index (κ3) is 2.68. The second-order valence-corrected chi connectivity index (χ2v) is 4.66. The molecule has 1 aromatic carbocycles. The van der Waals surface area contributed by atoms with E-state index < -0.39 is 11.7 Å². The summed E-state index contributed by atoms with van der Waals surface area (Å²) >= 11 is 0. The highest BCUT2D eigenvalue weighted by Crippen LogP contribution is 2.37. The van der Waals surface area contributed by atoms with Gasteiger partial charge in [0.2, 0.25) is 0 Å². The van der Waals surface area contributed by atoms with E-state index in [2.05, 4.69) is 0 Å². The molecule has 0 radical (unpaired) electrons. The molecular formula is C12H15F3O. The SMILES string of the molecule is COc1cc(C(F)(F)F)ccc1C(C)(C)C. The van der Waals surface area contributed by atoms with Crippen LogP contribution in [0.5, 0.6) is 5.75 Å². The molecule has 0 unspecified atom stereocenters. The Morgan fingerprint density at radius 2 is 1.62 bits per heavy atom. The maximum atomic E-state index is 12.5. The molecule has 0 aliphatic carbocycles. The van der Waals surface area contributed by atoms with Gasteiger partial charge in [-0.25, -0.2) is 0 Å². The van der Waals surface area contributed by atoms with Crippen molar-refractivity contribution in [3.63, 3.8) is 0 Å². The van der Waals surface area contributed by atoms with Crippen LogP contribution in [0, 0.1) is 0 Å². The van der Waals surface area contributed by atoms with Crippen LogP contribution in [-0.2, 0) is 11.6 Å². The number of ether oxygens (including phenoxy) is 1. The number of methoxy groups -OCH3 is 1. The average Bonchev–Trinajstić information content (AvgIpc) is 2.14. The first kappa shape index (κ1) is 12.9. The summed E-state index contributed by atoms with van der Waals surface area (Å²) in [5, 5.41) is 0. The molecule has 16 heavy (non-hydrogen) atoms. The Kier molecular flexibility index (Phi) is 3.22. The monoisotopic (exact) mass is 232 g/mol. The predicted octanol–water partition coefficient (Wildman–Crippen LogP) is 4.01. The van der Waals surface area contributed by atoms with Gasteiger partial charge in [0.25, 0.3) is 0 Å².